The number of para-hydroxylation sites is 1. The van der Waals surface area contributed by atoms with Crippen LogP contribution in [0.1, 0.15) is 25.0 Å². The van der Waals surface area contributed by atoms with E-state index in [4.69, 9.17) is 0 Å². The molecule has 0 aromatic heterocycles. The van der Waals surface area contributed by atoms with Crippen LogP contribution in [-0.4, -0.2) is 62.2 Å². The third-order valence-electron chi connectivity index (χ3n) is 6.06. The van der Waals surface area contributed by atoms with Crippen molar-refractivity contribution in [2.75, 3.05) is 24.9 Å². The SMILES string of the molecule is CC(C)NC(=O)[C@@H](Cc1ccccc1)N(Cc1ccccc1F)C(=O)CN(c1ccccc1)S(=O)(=O)N(C)C. The lowest BCUT2D eigenvalue weighted by Crippen LogP contribution is -2.55. The van der Waals surface area contributed by atoms with Crippen molar-refractivity contribution in [3.8, 4) is 0 Å². The summed E-state index contributed by atoms with van der Waals surface area (Å²) < 4.78 is 43.4. The van der Waals surface area contributed by atoms with Crippen LogP contribution in [0.4, 0.5) is 10.1 Å². The molecule has 208 valence electrons. The number of anilines is 1. The summed E-state index contributed by atoms with van der Waals surface area (Å²) in [5, 5.41) is 2.87. The van der Waals surface area contributed by atoms with E-state index in [2.05, 4.69) is 5.32 Å². The highest BCUT2D eigenvalue weighted by Crippen LogP contribution is 2.22. The molecule has 0 aliphatic carbocycles. The van der Waals surface area contributed by atoms with Crippen molar-refractivity contribution in [1.82, 2.24) is 14.5 Å². The van der Waals surface area contributed by atoms with E-state index in [0.717, 1.165) is 14.2 Å². The Bertz CT molecular complexity index is 1350. The highest BCUT2D eigenvalue weighted by Gasteiger charge is 2.35. The number of carbonyl (C=O) groups is 2. The van der Waals surface area contributed by atoms with Crippen LogP contribution in [-0.2, 0) is 32.8 Å². The Labute approximate surface area is 230 Å². The van der Waals surface area contributed by atoms with E-state index in [-0.39, 0.29) is 30.3 Å². The highest BCUT2D eigenvalue weighted by atomic mass is 32.2. The molecule has 39 heavy (non-hydrogen) atoms. The molecule has 10 heteroatoms. The molecule has 3 aromatic rings. The van der Waals surface area contributed by atoms with Crippen molar-refractivity contribution < 1.29 is 22.4 Å². The predicted molar refractivity (Wildman–Crippen MR) is 151 cm³/mol. The number of nitrogens with zero attached hydrogens (tertiary/aromatic N) is 3. The molecule has 0 unspecified atom stereocenters. The van der Waals surface area contributed by atoms with Gasteiger partial charge in [0.15, 0.2) is 0 Å². The largest absolute Gasteiger partial charge is 0.352 e. The van der Waals surface area contributed by atoms with E-state index in [9.17, 15) is 22.4 Å². The first-order chi connectivity index (χ1) is 18.5. The molecule has 0 saturated carbocycles. The summed E-state index contributed by atoms with van der Waals surface area (Å²) >= 11 is 0. The van der Waals surface area contributed by atoms with Gasteiger partial charge in [-0.25, -0.2) is 8.70 Å². The lowest BCUT2D eigenvalue weighted by atomic mass is 10.0. The zero-order valence-electron chi connectivity index (χ0n) is 22.6. The molecule has 3 aromatic carbocycles. The van der Waals surface area contributed by atoms with Gasteiger partial charge in [0.2, 0.25) is 11.8 Å². The standard InChI is InChI=1S/C29H35FN4O4S/c1-22(2)31-29(36)27(19-23-13-7-5-8-14-23)33(20-24-15-11-12-18-26(24)30)28(35)21-34(39(37,38)32(3)4)25-16-9-6-10-17-25/h5-18,22,27H,19-21H2,1-4H3,(H,31,36)/t27-/m1/s1. The quantitative estimate of drug-likeness (QED) is 0.371. The summed E-state index contributed by atoms with van der Waals surface area (Å²) in [6, 6.07) is 22.2. The summed E-state index contributed by atoms with van der Waals surface area (Å²) in [5.74, 6) is -1.59. The zero-order chi connectivity index (χ0) is 28.6. The van der Waals surface area contributed by atoms with Crippen molar-refractivity contribution in [2.45, 2.75) is 38.9 Å². The molecule has 1 atom stereocenters. The maximum absolute atomic E-state index is 14.8. The van der Waals surface area contributed by atoms with E-state index >= 15 is 0 Å². The second-order valence-electron chi connectivity index (χ2n) is 9.61. The number of carbonyl (C=O) groups excluding carboxylic acids is 2. The minimum Gasteiger partial charge on any atom is -0.352 e. The van der Waals surface area contributed by atoms with Gasteiger partial charge in [0, 0.05) is 38.7 Å². The van der Waals surface area contributed by atoms with Gasteiger partial charge < -0.3 is 10.2 Å². The van der Waals surface area contributed by atoms with E-state index < -0.39 is 40.4 Å². The Morgan fingerprint density at radius 2 is 1.44 bits per heavy atom. The Kier molecular flexibility index (Phi) is 10.2. The van der Waals surface area contributed by atoms with E-state index in [0.29, 0.717) is 0 Å². The number of halogens is 1. The molecule has 0 saturated heterocycles. The monoisotopic (exact) mass is 554 g/mol. The summed E-state index contributed by atoms with van der Waals surface area (Å²) in [4.78, 5) is 28.8. The van der Waals surface area contributed by atoms with Crippen LogP contribution in [0.15, 0.2) is 84.9 Å². The molecule has 8 nitrogen and oxygen atoms in total. The van der Waals surface area contributed by atoms with Crippen LogP contribution < -0.4 is 9.62 Å². The molecule has 0 heterocycles. The number of hydrogen-bond acceptors (Lipinski definition) is 4. The van der Waals surface area contributed by atoms with E-state index in [1.54, 1.807) is 62.4 Å². The first kappa shape index (κ1) is 29.8. The van der Waals surface area contributed by atoms with Gasteiger partial charge in [-0.1, -0.05) is 66.7 Å². The first-order valence-electron chi connectivity index (χ1n) is 12.6. The minimum atomic E-state index is -4.08. The van der Waals surface area contributed by atoms with Crippen molar-refractivity contribution in [3.05, 3.63) is 102 Å². The number of rotatable bonds is 12. The Morgan fingerprint density at radius 1 is 0.872 bits per heavy atom. The van der Waals surface area contributed by atoms with Crippen molar-refractivity contribution in [2.24, 2.45) is 0 Å². The molecule has 0 bridgehead atoms. The molecule has 0 aliphatic rings. The Balaban J connectivity index is 2.09. The summed E-state index contributed by atoms with van der Waals surface area (Å²) in [7, 11) is -1.33. The van der Waals surface area contributed by atoms with Crippen molar-refractivity contribution in [3.63, 3.8) is 0 Å². The van der Waals surface area contributed by atoms with Crippen LogP contribution in [0.2, 0.25) is 0 Å². The molecule has 0 radical (unpaired) electrons. The maximum Gasteiger partial charge on any atom is 0.304 e. The third-order valence-corrected chi connectivity index (χ3v) is 7.88. The van der Waals surface area contributed by atoms with E-state index in [1.807, 2.05) is 30.3 Å². The van der Waals surface area contributed by atoms with Gasteiger partial charge in [-0.15, -0.1) is 0 Å². The fraction of sp³-hybridized carbons (Fsp3) is 0.310. The molecular weight excluding hydrogens is 519 g/mol. The normalized spacial score (nSPS) is 12.3. The van der Waals surface area contributed by atoms with Crippen LogP contribution in [0.3, 0.4) is 0 Å². The lowest BCUT2D eigenvalue weighted by Gasteiger charge is -2.34. The van der Waals surface area contributed by atoms with Crippen molar-refractivity contribution >= 4 is 27.7 Å². The van der Waals surface area contributed by atoms with Gasteiger partial charge in [0.05, 0.1) is 5.69 Å². The maximum atomic E-state index is 14.8. The van der Waals surface area contributed by atoms with Gasteiger partial charge in [-0.3, -0.25) is 9.59 Å². The zero-order valence-corrected chi connectivity index (χ0v) is 23.4. The van der Waals surface area contributed by atoms with Gasteiger partial charge in [-0.05, 0) is 37.6 Å². The fourth-order valence-electron chi connectivity index (χ4n) is 4.06. The summed E-state index contributed by atoms with van der Waals surface area (Å²) in [5.41, 5.74) is 1.30. The molecule has 2 amide bonds. The van der Waals surface area contributed by atoms with E-state index in [1.165, 1.54) is 25.1 Å². The van der Waals surface area contributed by atoms with Crippen molar-refractivity contribution in [1.29, 1.82) is 0 Å². The molecule has 0 spiro atoms. The molecule has 0 fully saturated rings. The highest BCUT2D eigenvalue weighted by molar-refractivity contribution is 7.90. The summed E-state index contributed by atoms with van der Waals surface area (Å²) in [6.45, 7) is 2.81. The first-order valence-corrected chi connectivity index (χ1v) is 14.0. The molecule has 3 rings (SSSR count). The number of nitrogens with one attached hydrogen (secondary N) is 1. The second kappa shape index (κ2) is 13.3. The Hall–Kier alpha value is -3.76. The molecular formula is C29H35FN4O4S. The Morgan fingerprint density at radius 3 is 2.00 bits per heavy atom. The summed E-state index contributed by atoms with van der Waals surface area (Å²) in [6.07, 6.45) is 0.158. The average molecular weight is 555 g/mol. The molecule has 1 N–H and O–H groups in total. The van der Waals surface area contributed by atoms with Gasteiger partial charge >= 0.3 is 10.2 Å². The minimum absolute atomic E-state index is 0.158. The van der Waals surface area contributed by atoms with Gasteiger partial charge in [-0.2, -0.15) is 12.7 Å². The number of benzene rings is 3. The van der Waals surface area contributed by atoms with Crippen LogP contribution in [0.25, 0.3) is 0 Å². The third kappa shape index (κ3) is 7.87. The lowest BCUT2D eigenvalue weighted by molar-refractivity contribution is -0.140. The average Bonchev–Trinajstić information content (AvgIpc) is 2.90. The van der Waals surface area contributed by atoms with Crippen LogP contribution >= 0.6 is 0 Å². The number of hydrogen-bond donors (Lipinski definition) is 1. The second-order valence-corrected chi connectivity index (χ2v) is 11.7. The molecule has 0 aliphatic heterocycles. The van der Waals surface area contributed by atoms with Gasteiger partial charge in [0.25, 0.3) is 0 Å². The van der Waals surface area contributed by atoms with Gasteiger partial charge in [0.1, 0.15) is 18.4 Å². The fourth-order valence-corrected chi connectivity index (χ4v) is 5.11. The van der Waals surface area contributed by atoms with Crippen LogP contribution in [0, 0.1) is 5.82 Å². The number of amides is 2. The topological polar surface area (TPSA) is 90.0 Å². The smallest absolute Gasteiger partial charge is 0.304 e. The van der Waals surface area contributed by atoms with Crippen LogP contribution in [0.5, 0.6) is 0 Å². The predicted octanol–water partition coefficient (Wildman–Crippen LogP) is 3.60.